The van der Waals surface area contributed by atoms with Crippen LogP contribution in [-0.4, -0.2) is 15.7 Å². The first kappa shape index (κ1) is 13.8. The first-order valence-electron chi connectivity index (χ1n) is 6.55. The number of nitrogens with zero attached hydrogens (tertiary/aromatic N) is 2. The number of benzene rings is 2. The average molecular weight is 344 g/mol. The summed E-state index contributed by atoms with van der Waals surface area (Å²) < 4.78 is 2.71. The van der Waals surface area contributed by atoms with Gasteiger partial charge in [-0.05, 0) is 36.8 Å². The van der Waals surface area contributed by atoms with E-state index in [0.717, 1.165) is 26.6 Å². The van der Waals surface area contributed by atoms with Crippen molar-refractivity contribution in [2.45, 2.75) is 6.92 Å². The lowest BCUT2D eigenvalue weighted by Crippen LogP contribution is -2.14. The Bertz CT molecular complexity index is 839. The Morgan fingerprint density at radius 2 is 2.00 bits per heavy atom. The number of carbonyl (C=O) groups is 1. The third-order valence-corrected chi connectivity index (χ3v) is 3.90. The van der Waals surface area contributed by atoms with Gasteiger partial charge in [-0.25, -0.2) is 0 Å². The van der Waals surface area contributed by atoms with Gasteiger partial charge in [-0.3, -0.25) is 9.48 Å². The van der Waals surface area contributed by atoms with Gasteiger partial charge in [0.1, 0.15) is 0 Å². The van der Waals surface area contributed by atoms with Crippen LogP contribution in [-0.2, 0) is 7.05 Å². The van der Waals surface area contributed by atoms with Crippen molar-refractivity contribution in [2.75, 3.05) is 5.32 Å². The maximum Gasteiger partial charge on any atom is 0.276 e. The fourth-order valence-electron chi connectivity index (χ4n) is 2.33. The molecule has 0 aliphatic heterocycles. The predicted molar refractivity (Wildman–Crippen MR) is 87.5 cm³/mol. The Morgan fingerprint density at radius 1 is 1.24 bits per heavy atom. The Kier molecular flexibility index (Phi) is 3.51. The summed E-state index contributed by atoms with van der Waals surface area (Å²) in [6, 6.07) is 13.4. The molecular weight excluding hydrogens is 330 g/mol. The third kappa shape index (κ3) is 2.56. The third-order valence-electron chi connectivity index (χ3n) is 3.41. The standard InChI is InChI=1S/C16H14BrN3O/c1-10-9-11(17)7-8-13(10)18-16(21)15-12-5-3-4-6-14(12)20(2)19-15/h3-9H,1-2H3,(H,18,21). The predicted octanol–water partition coefficient (Wildman–Crippen LogP) is 3.90. The highest BCUT2D eigenvalue weighted by molar-refractivity contribution is 9.10. The molecule has 1 heterocycles. The van der Waals surface area contributed by atoms with Crippen LogP contribution in [0.25, 0.3) is 10.9 Å². The van der Waals surface area contributed by atoms with Gasteiger partial charge in [-0.1, -0.05) is 34.1 Å². The molecule has 4 nitrogen and oxygen atoms in total. The molecule has 2 aromatic carbocycles. The van der Waals surface area contributed by atoms with Crippen molar-refractivity contribution >= 4 is 38.4 Å². The monoisotopic (exact) mass is 343 g/mol. The summed E-state index contributed by atoms with van der Waals surface area (Å²) in [4.78, 5) is 12.5. The molecule has 0 unspecified atom stereocenters. The summed E-state index contributed by atoms with van der Waals surface area (Å²) in [6.07, 6.45) is 0. The normalized spacial score (nSPS) is 10.8. The van der Waals surface area contributed by atoms with E-state index in [1.165, 1.54) is 0 Å². The molecule has 0 aliphatic carbocycles. The molecule has 0 saturated carbocycles. The molecule has 0 spiro atoms. The van der Waals surface area contributed by atoms with Crippen molar-refractivity contribution in [3.8, 4) is 0 Å². The molecule has 0 fully saturated rings. The summed E-state index contributed by atoms with van der Waals surface area (Å²) in [5.41, 5.74) is 3.17. The number of carbonyl (C=O) groups excluding carboxylic acids is 1. The Labute approximate surface area is 130 Å². The largest absolute Gasteiger partial charge is 0.320 e. The zero-order valence-corrected chi connectivity index (χ0v) is 13.3. The van der Waals surface area contributed by atoms with E-state index in [2.05, 4.69) is 26.3 Å². The zero-order chi connectivity index (χ0) is 15.0. The second-order valence-electron chi connectivity index (χ2n) is 4.90. The minimum atomic E-state index is -0.197. The van der Waals surface area contributed by atoms with Gasteiger partial charge < -0.3 is 5.32 Å². The van der Waals surface area contributed by atoms with Crippen LogP contribution in [0.15, 0.2) is 46.9 Å². The van der Waals surface area contributed by atoms with Gasteiger partial charge in [0.05, 0.1) is 5.52 Å². The maximum atomic E-state index is 12.5. The molecule has 0 radical (unpaired) electrons. The van der Waals surface area contributed by atoms with E-state index < -0.39 is 0 Å². The number of nitrogens with one attached hydrogen (secondary N) is 1. The van der Waals surface area contributed by atoms with Crippen LogP contribution >= 0.6 is 15.9 Å². The van der Waals surface area contributed by atoms with Crippen LogP contribution in [0.1, 0.15) is 16.1 Å². The van der Waals surface area contributed by atoms with E-state index in [0.29, 0.717) is 5.69 Å². The van der Waals surface area contributed by atoms with Crippen LogP contribution in [0.5, 0.6) is 0 Å². The van der Waals surface area contributed by atoms with Crippen molar-refractivity contribution in [3.05, 3.63) is 58.2 Å². The van der Waals surface area contributed by atoms with Crippen LogP contribution in [0.3, 0.4) is 0 Å². The molecule has 0 bridgehead atoms. The Hall–Kier alpha value is -2.14. The topological polar surface area (TPSA) is 46.9 Å². The fourth-order valence-corrected chi connectivity index (χ4v) is 2.81. The van der Waals surface area contributed by atoms with E-state index in [1.54, 1.807) is 4.68 Å². The zero-order valence-electron chi connectivity index (χ0n) is 11.7. The molecule has 3 aromatic rings. The van der Waals surface area contributed by atoms with Gasteiger partial charge >= 0.3 is 0 Å². The highest BCUT2D eigenvalue weighted by atomic mass is 79.9. The molecule has 1 amide bonds. The van der Waals surface area contributed by atoms with Gasteiger partial charge in [0, 0.05) is 22.6 Å². The summed E-state index contributed by atoms with van der Waals surface area (Å²) >= 11 is 3.41. The number of hydrogen-bond donors (Lipinski definition) is 1. The van der Waals surface area contributed by atoms with E-state index in [9.17, 15) is 4.79 Å². The molecule has 21 heavy (non-hydrogen) atoms. The van der Waals surface area contributed by atoms with Crippen molar-refractivity contribution < 1.29 is 4.79 Å². The van der Waals surface area contributed by atoms with Gasteiger partial charge in [0.25, 0.3) is 5.91 Å². The van der Waals surface area contributed by atoms with Gasteiger partial charge in [-0.2, -0.15) is 5.10 Å². The lowest BCUT2D eigenvalue weighted by Gasteiger charge is -2.07. The lowest BCUT2D eigenvalue weighted by atomic mass is 10.1. The molecule has 3 rings (SSSR count). The van der Waals surface area contributed by atoms with E-state index >= 15 is 0 Å². The van der Waals surface area contributed by atoms with Gasteiger partial charge in [0.2, 0.25) is 0 Å². The number of aryl methyl sites for hydroxylation is 2. The van der Waals surface area contributed by atoms with Gasteiger partial charge in [-0.15, -0.1) is 0 Å². The SMILES string of the molecule is Cc1cc(Br)ccc1NC(=O)c1nn(C)c2ccccc12. The number of hydrogen-bond acceptors (Lipinski definition) is 2. The van der Waals surface area contributed by atoms with E-state index in [4.69, 9.17) is 0 Å². The summed E-state index contributed by atoms with van der Waals surface area (Å²) in [5, 5.41) is 8.11. The number of amides is 1. The molecule has 0 aliphatic rings. The van der Waals surface area contributed by atoms with E-state index in [1.807, 2.05) is 56.4 Å². The number of para-hydroxylation sites is 1. The molecule has 1 N–H and O–H groups in total. The lowest BCUT2D eigenvalue weighted by molar-refractivity contribution is 0.102. The van der Waals surface area contributed by atoms with Crippen molar-refractivity contribution in [1.29, 1.82) is 0 Å². The molecule has 1 aromatic heterocycles. The highest BCUT2D eigenvalue weighted by Gasteiger charge is 2.16. The highest BCUT2D eigenvalue weighted by Crippen LogP contribution is 2.22. The molecule has 5 heteroatoms. The first-order chi connectivity index (χ1) is 10.1. The van der Waals surface area contributed by atoms with Crippen LogP contribution in [0.4, 0.5) is 5.69 Å². The van der Waals surface area contributed by atoms with E-state index in [-0.39, 0.29) is 5.91 Å². The van der Waals surface area contributed by atoms with Crippen LogP contribution < -0.4 is 5.32 Å². The number of anilines is 1. The fraction of sp³-hybridized carbons (Fsp3) is 0.125. The average Bonchev–Trinajstić information content (AvgIpc) is 2.80. The number of fused-ring (bicyclic) bond motifs is 1. The molecular formula is C16H14BrN3O. The Morgan fingerprint density at radius 3 is 2.76 bits per heavy atom. The first-order valence-corrected chi connectivity index (χ1v) is 7.35. The summed E-state index contributed by atoms with van der Waals surface area (Å²) in [5.74, 6) is -0.197. The molecule has 0 saturated heterocycles. The second kappa shape index (κ2) is 5.33. The maximum absolute atomic E-state index is 12.5. The quantitative estimate of drug-likeness (QED) is 0.767. The Balaban J connectivity index is 1.98. The summed E-state index contributed by atoms with van der Waals surface area (Å²) in [7, 11) is 1.84. The van der Waals surface area contributed by atoms with Crippen molar-refractivity contribution in [2.24, 2.45) is 7.05 Å². The number of aromatic nitrogens is 2. The minimum absolute atomic E-state index is 0.197. The van der Waals surface area contributed by atoms with Gasteiger partial charge in [0.15, 0.2) is 5.69 Å². The second-order valence-corrected chi connectivity index (χ2v) is 5.82. The van der Waals surface area contributed by atoms with Crippen molar-refractivity contribution in [1.82, 2.24) is 9.78 Å². The molecule has 106 valence electrons. The minimum Gasteiger partial charge on any atom is -0.320 e. The molecule has 0 atom stereocenters. The smallest absolute Gasteiger partial charge is 0.276 e. The summed E-state index contributed by atoms with van der Waals surface area (Å²) in [6.45, 7) is 1.96. The number of halogens is 1. The number of rotatable bonds is 2. The van der Waals surface area contributed by atoms with Crippen LogP contribution in [0, 0.1) is 6.92 Å². The van der Waals surface area contributed by atoms with Crippen LogP contribution in [0.2, 0.25) is 0 Å². The van der Waals surface area contributed by atoms with Crippen molar-refractivity contribution in [3.63, 3.8) is 0 Å².